The predicted octanol–water partition coefficient (Wildman–Crippen LogP) is 4.00. The number of hydrogen-bond acceptors (Lipinski definition) is 4. The fraction of sp³-hybridized carbons (Fsp3) is 0.667. The van der Waals surface area contributed by atoms with Gasteiger partial charge in [0.25, 0.3) is 0 Å². The van der Waals surface area contributed by atoms with Crippen LogP contribution >= 0.6 is 27.3 Å². The third kappa shape index (κ3) is 5.60. The van der Waals surface area contributed by atoms with E-state index in [-0.39, 0.29) is 6.09 Å². The van der Waals surface area contributed by atoms with E-state index in [1.54, 1.807) is 11.3 Å². The Morgan fingerprint density at radius 1 is 1.57 bits per heavy atom. The summed E-state index contributed by atoms with van der Waals surface area (Å²) in [7, 11) is 0. The summed E-state index contributed by atoms with van der Waals surface area (Å²) < 4.78 is 6.57. The minimum atomic E-state index is -0.430. The van der Waals surface area contributed by atoms with Crippen LogP contribution in [0.3, 0.4) is 0 Å². The fourth-order valence-corrected chi connectivity index (χ4v) is 3.73. The molecule has 0 aliphatic carbocycles. The molecule has 0 saturated carbocycles. The highest BCUT2D eigenvalue weighted by molar-refractivity contribution is 9.10. The Kier molecular flexibility index (Phi) is 5.68. The highest BCUT2D eigenvalue weighted by Crippen LogP contribution is 2.20. The molecule has 0 spiro atoms. The zero-order valence-electron chi connectivity index (χ0n) is 12.8. The smallest absolute Gasteiger partial charge is 0.410 e. The molecule has 21 heavy (non-hydrogen) atoms. The van der Waals surface area contributed by atoms with Gasteiger partial charge in [0.1, 0.15) is 5.60 Å². The Hall–Kier alpha value is -0.590. The molecule has 0 bridgehead atoms. The van der Waals surface area contributed by atoms with Crippen molar-refractivity contribution in [3.8, 4) is 0 Å². The summed E-state index contributed by atoms with van der Waals surface area (Å²) >= 11 is 5.21. The molecule has 118 valence electrons. The second-order valence-corrected chi connectivity index (χ2v) is 8.29. The zero-order valence-corrected chi connectivity index (χ0v) is 15.2. The first-order valence-corrected chi connectivity index (χ1v) is 8.95. The number of rotatable bonds is 3. The highest BCUT2D eigenvalue weighted by Gasteiger charge is 2.27. The SMILES string of the molecule is CC(C)(C)OC(=O)N1CCCC(NCc2cc(Br)cs2)C1. The average Bonchev–Trinajstić information content (AvgIpc) is 2.81. The largest absolute Gasteiger partial charge is 0.444 e. The standard InChI is InChI=1S/C15H23BrN2O2S/c1-15(2,3)20-14(19)18-6-4-5-12(9-18)17-8-13-7-11(16)10-21-13/h7,10,12,17H,4-6,8-9H2,1-3H3. The van der Waals surface area contributed by atoms with Crippen LogP contribution in [0.2, 0.25) is 0 Å². The molecule has 1 fully saturated rings. The van der Waals surface area contributed by atoms with Crippen molar-refractivity contribution in [2.45, 2.75) is 51.8 Å². The van der Waals surface area contributed by atoms with E-state index in [1.165, 1.54) is 4.88 Å². The van der Waals surface area contributed by atoms with Gasteiger partial charge in [0.05, 0.1) is 0 Å². The number of hydrogen-bond donors (Lipinski definition) is 1. The first-order valence-electron chi connectivity index (χ1n) is 7.28. The molecule has 4 nitrogen and oxygen atoms in total. The number of ether oxygens (including phenoxy) is 1. The monoisotopic (exact) mass is 374 g/mol. The van der Waals surface area contributed by atoms with Gasteiger partial charge in [-0.3, -0.25) is 0 Å². The van der Waals surface area contributed by atoms with Gasteiger partial charge in [0.2, 0.25) is 0 Å². The molecule has 2 rings (SSSR count). The van der Waals surface area contributed by atoms with E-state index in [1.807, 2.05) is 25.7 Å². The van der Waals surface area contributed by atoms with Gasteiger partial charge in [0, 0.05) is 40.4 Å². The van der Waals surface area contributed by atoms with Gasteiger partial charge in [-0.25, -0.2) is 4.79 Å². The lowest BCUT2D eigenvalue weighted by atomic mass is 10.1. The summed E-state index contributed by atoms with van der Waals surface area (Å²) in [6.45, 7) is 8.07. The van der Waals surface area contributed by atoms with Gasteiger partial charge >= 0.3 is 6.09 Å². The summed E-state index contributed by atoms with van der Waals surface area (Å²) in [4.78, 5) is 15.2. The van der Waals surface area contributed by atoms with Crippen LogP contribution in [-0.2, 0) is 11.3 Å². The first-order chi connectivity index (χ1) is 9.83. The van der Waals surface area contributed by atoms with E-state index in [0.717, 1.165) is 36.9 Å². The van der Waals surface area contributed by atoms with E-state index in [2.05, 4.69) is 32.7 Å². The summed E-state index contributed by atoms with van der Waals surface area (Å²) in [5.41, 5.74) is -0.430. The lowest BCUT2D eigenvalue weighted by Crippen LogP contribution is -2.49. The summed E-state index contributed by atoms with van der Waals surface area (Å²) in [5.74, 6) is 0. The van der Waals surface area contributed by atoms with Crippen LogP contribution in [0.15, 0.2) is 15.9 Å². The van der Waals surface area contributed by atoms with Crippen LogP contribution in [0.5, 0.6) is 0 Å². The predicted molar refractivity (Wildman–Crippen MR) is 89.7 cm³/mol. The number of nitrogens with one attached hydrogen (secondary N) is 1. The fourth-order valence-electron chi connectivity index (χ4n) is 2.33. The molecule has 1 aliphatic heterocycles. The number of carbonyl (C=O) groups excluding carboxylic acids is 1. The van der Waals surface area contributed by atoms with Crippen molar-refractivity contribution in [2.24, 2.45) is 0 Å². The Balaban J connectivity index is 1.81. The Morgan fingerprint density at radius 3 is 2.95 bits per heavy atom. The number of halogens is 1. The van der Waals surface area contributed by atoms with E-state index in [0.29, 0.717) is 6.04 Å². The second kappa shape index (κ2) is 7.11. The minimum absolute atomic E-state index is 0.201. The molecular weight excluding hydrogens is 352 g/mol. The molecule has 1 aliphatic rings. The average molecular weight is 375 g/mol. The number of nitrogens with zero attached hydrogens (tertiary/aromatic N) is 1. The van der Waals surface area contributed by atoms with Crippen molar-refractivity contribution < 1.29 is 9.53 Å². The van der Waals surface area contributed by atoms with Gasteiger partial charge in [-0.2, -0.15) is 0 Å². The van der Waals surface area contributed by atoms with Crippen LogP contribution in [0.1, 0.15) is 38.5 Å². The van der Waals surface area contributed by atoms with Crippen molar-refractivity contribution in [2.75, 3.05) is 13.1 Å². The maximum Gasteiger partial charge on any atom is 0.410 e. The first kappa shape index (κ1) is 16.8. The quantitative estimate of drug-likeness (QED) is 0.868. The van der Waals surface area contributed by atoms with Gasteiger partial charge in [-0.15, -0.1) is 11.3 Å². The van der Waals surface area contributed by atoms with Gasteiger partial charge in [-0.05, 0) is 55.6 Å². The second-order valence-electron chi connectivity index (χ2n) is 6.38. The van der Waals surface area contributed by atoms with E-state index in [4.69, 9.17) is 4.74 Å². The molecular formula is C15H23BrN2O2S. The van der Waals surface area contributed by atoms with E-state index < -0.39 is 5.60 Å². The number of likely N-dealkylation sites (tertiary alicyclic amines) is 1. The van der Waals surface area contributed by atoms with E-state index in [9.17, 15) is 4.79 Å². The van der Waals surface area contributed by atoms with Gasteiger partial charge in [-0.1, -0.05) is 0 Å². The summed E-state index contributed by atoms with van der Waals surface area (Å²) in [6.07, 6.45) is 1.92. The topological polar surface area (TPSA) is 41.6 Å². The third-order valence-corrected chi connectivity index (χ3v) is 4.96. The molecule has 1 saturated heterocycles. The molecule has 2 heterocycles. The van der Waals surface area contributed by atoms with Crippen molar-refractivity contribution in [1.29, 1.82) is 0 Å². The normalized spacial score (nSPS) is 19.6. The maximum absolute atomic E-state index is 12.1. The van der Waals surface area contributed by atoms with Crippen LogP contribution in [0, 0.1) is 0 Å². The number of carbonyl (C=O) groups is 1. The molecule has 1 atom stereocenters. The van der Waals surface area contributed by atoms with Crippen molar-refractivity contribution in [3.63, 3.8) is 0 Å². The molecule has 1 unspecified atom stereocenters. The summed E-state index contributed by atoms with van der Waals surface area (Å²) in [6, 6.07) is 2.47. The van der Waals surface area contributed by atoms with Crippen molar-refractivity contribution in [1.82, 2.24) is 10.2 Å². The van der Waals surface area contributed by atoms with Gasteiger partial charge < -0.3 is 15.0 Å². The Morgan fingerprint density at radius 2 is 2.33 bits per heavy atom. The zero-order chi connectivity index (χ0) is 15.5. The lowest BCUT2D eigenvalue weighted by Gasteiger charge is -2.34. The molecule has 0 radical (unpaired) electrons. The molecule has 1 N–H and O–H groups in total. The minimum Gasteiger partial charge on any atom is -0.444 e. The molecule has 0 aromatic carbocycles. The highest BCUT2D eigenvalue weighted by atomic mass is 79.9. The molecule has 1 amide bonds. The van der Waals surface area contributed by atoms with Crippen LogP contribution in [-0.4, -0.2) is 35.7 Å². The van der Waals surface area contributed by atoms with E-state index >= 15 is 0 Å². The third-order valence-electron chi connectivity index (χ3n) is 3.26. The van der Waals surface area contributed by atoms with Crippen LogP contribution in [0.25, 0.3) is 0 Å². The Bertz CT molecular complexity index is 484. The van der Waals surface area contributed by atoms with Crippen LogP contribution < -0.4 is 5.32 Å². The van der Waals surface area contributed by atoms with Crippen molar-refractivity contribution in [3.05, 3.63) is 20.8 Å². The molecule has 1 aromatic rings. The number of thiophene rings is 1. The maximum atomic E-state index is 12.1. The summed E-state index contributed by atoms with van der Waals surface area (Å²) in [5, 5.41) is 5.63. The van der Waals surface area contributed by atoms with Crippen LogP contribution in [0.4, 0.5) is 4.79 Å². The lowest BCUT2D eigenvalue weighted by molar-refractivity contribution is 0.0187. The molecule has 6 heteroatoms. The Labute approximate surface area is 139 Å². The van der Waals surface area contributed by atoms with Gasteiger partial charge in [0.15, 0.2) is 0 Å². The van der Waals surface area contributed by atoms with Crippen molar-refractivity contribution >= 4 is 33.4 Å². The number of piperidine rings is 1. The number of amides is 1. The molecule has 1 aromatic heterocycles.